The minimum atomic E-state index is -0.546. The average molecular weight is 281 g/mol. The third-order valence-electron chi connectivity index (χ3n) is 4.01. The second-order valence-corrected chi connectivity index (χ2v) is 5.56. The van der Waals surface area contributed by atoms with E-state index in [-0.39, 0.29) is 11.7 Å². The molecule has 0 spiro atoms. The van der Waals surface area contributed by atoms with E-state index in [0.29, 0.717) is 23.7 Å². The van der Waals surface area contributed by atoms with Crippen molar-refractivity contribution in [1.82, 2.24) is 0 Å². The van der Waals surface area contributed by atoms with Crippen LogP contribution >= 0.6 is 0 Å². The smallest absolute Gasteiger partial charge is 0.295 e. The molecule has 2 unspecified atom stereocenters. The number of hydrogen-bond acceptors (Lipinski definition) is 4. The molecule has 2 atom stereocenters. The molecule has 0 bridgehead atoms. The highest BCUT2D eigenvalue weighted by Gasteiger charge is 2.30. The van der Waals surface area contributed by atoms with Crippen molar-refractivity contribution in [1.29, 1.82) is 0 Å². The van der Waals surface area contributed by atoms with Crippen LogP contribution in [0.15, 0.2) is 12.1 Å². The number of nitrogens with zero attached hydrogens (tertiary/aromatic N) is 2. The van der Waals surface area contributed by atoms with Crippen molar-refractivity contribution >= 4 is 11.4 Å². The number of piperidine rings is 1. The number of nitro groups is 1. The minimum Gasteiger partial charge on any atom is -0.362 e. The van der Waals surface area contributed by atoms with Crippen LogP contribution in [0.2, 0.25) is 0 Å². The first-order valence-corrected chi connectivity index (χ1v) is 6.85. The van der Waals surface area contributed by atoms with E-state index in [2.05, 4.69) is 6.92 Å². The van der Waals surface area contributed by atoms with Gasteiger partial charge in [0, 0.05) is 19.1 Å². The van der Waals surface area contributed by atoms with Gasteiger partial charge in [0.15, 0.2) is 0 Å². The molecule has 1 aliphatic rings. The number of rotatable bonds is 3. The van der Waals surface area contributed by atoms with Gasteiger partial charge in [0.25, 0.3) is 5.69 Å². The summed E-state index contributed by atoms with van der Waals surface area (Å²) in [6.07, 6.45) is 1.87. The summed E-state index contributed by atoms with van der Waals surface area (Å²) in [7, 11) is 0. The maximum Gasteiger partial charge on any atom is 0.295 e. The standard InChI is InChI=1S/C14H20FN3O2/c1-9-3-4-17(11(5-9)8-16)13-6-10(2)12(15)7-14(13)18(19)20/h6-7,9,11H,3-5,8,16H2,1-2H3. The molecule has 2 N–H and O–H groups in total. The number of benzene rings is 1. The lowest BCUT2D eigenvalue weighted by Gasteiger charge is -2.39. The van der Waals surface area contributed by atoms with Gasteiger partial charge < -0.3 is 10.6 Å². The maximum atomic E-state index is 13.6. The Balaban J connectivity index is 2.45. The molecule has 1 heterocycles. The zero-order chi connectivity index (χ0) is 14.9. The summed E-state index contributed by atoms with van der Waals surface area (Å²) in [5.74, 6) is 0.00975. The third kappa shape index (κ3) is 2.75. The average Bonchev–Trinajstić information content (AvgIpc) is 2.41. The Bertz CT molecular complexity index is 521. The minimum absolute atomic E-state index is 0.0716. The van der Waals surface area contributed by atoms with Crippen molar-refractivity contribution in [3.05, 3.63) is 33.6 Å². The quantitative estimate of drug-likeness (QED) is 0.682. The molecule has 0 amide bonds. The summed E-state index contributed by atoms with van der Waals surface area (Å²) in [5.41, 5.74) is 6.52. The summed E-state index contributed by atoms with van der Waals surface area (Å²) in [6.45, 7) is 4.93. The highest BCUT2D eigenvalue weighted by atomic mass is 19.1. The van der Waals surface area contributed by atoms with Crippen molar-refractivity contribution in [2.75, 3.05) is 18.0 Å². The Morgan fingerprint density at radius 3 is 2.85 bits per heavy atom. The molecule has 1 saturated heterocycles. The molecule has 1 fully saturated rings. The first-order valence-electron chi connectivity index (χ1n) is 6.85. The number of nitro benzene ring substituents is 1. The molecule has 2 rings (SSSR count). The van der Waals surface area contributed by atoms with Crippen LogP contribution in [0.1, 0.15) is 25.3 Å². The Labute approximate surface area is 117 Å². The van der Waals surface area contributed by atoms with Crippen LogP contribution in [0.4, 0.5) is 15.8 Å². The SMILES string of the molecule is Cc1cc(N2CCC(C)CC2CN)c([N+](=O)[O-])cc1F. The van der Waals surface area contributed by atoms with E-state index in [4.69, 9.17) is 5.73 Å². The van der Waals surface area contributed by atoms with Crippen LogP contribution in [0.5, 0.6) is 0 Å². The van der Waals surface area contributed by atoms with Gasteiger partial charge >= 0.3 is 0 Å². The zero-order valence-corrected chi connectivity index (χ0v) is 11.8. The first-order chi connectivity index (χ1) is 9.43. The largest absolute Gasteiger partial charge is 0.362 e. The molecule has 110 valence electrons. The molecule has 0 saturated carbocycles. The molecule has 1 aromatic carbocycles. The summed E-state index contributed by atoms with van der Waals surface area (Å²) in [4.78, 5) is 12.6. The van der Waals surface area contributed by atoms with Gasteiger partial charge in [-0.3, -0.25) is 10.1 Å². The van der Waals surface area contributed by atoms with Crippen molar-refractivity contribution < 1.29 is 9.31 Å². The van der Waals surface area contributed by atoms with Gasteiger partial charge in [0.1, 0.15) is 11.5 Å². The van der Waals surface area contributed by atoms with Crippen LogP contribution in [0, 0.1) is 28.8 Å². The van der Waals surface area contributed by atoms with Crippen LogP contribution in [-0.2, 0) is 0 Å². The topological polar surface area (TPSA) is 72.4 Å². The predicted molar refractivity (Wildman–Crippen MR) is 76.4 cm³/mol. The molecule has 0 aromatic heterocycles. The normalized spacial score (nSPS) is 22.9. The van der Waals surface area contributed by atoms with Crippen molar-refractivity contribution in [3.8, 4) is 0 Å². The van der Waals surface area contributed by atoms with E-state index < -0.39 is 10.7 Å². The van der Waals surface area contributed by atoms with E-state index >= 15 is 0 Å². The fourth-order valence-electron chi connectivity index (χ4n) is 2.82. The molecule has 0 radical (unpaired) electrons. The fourth-order valence-corrected chi connectivity index (χ4v) is 2.82. The van der Waals surface area contributed by atoms with Crippen LogP contribution < -0.4 is 10.6 Å². The van der Waals surface area contributed by atoms with E-state index in [0.717, 1.165) is 25.5 Å². The van der Waals surface area contributed by atoms with Crippen molar-refractivity contribution in [3.63, 3.8) is 0 Å². The Morgan fingerprint density at radius 1 is 1.55 bits per heavy atom. The molecule has 1 aliphatic heterocycles. The summed E-state index contributed by atoms with van der Waals surface area (Å²) in [6, 6.07) is 2.64. The van der Waals surface area contributed by atoms with Crippen LogP contribution in [-0.4, -0.2) is 24.1 Å². The lowest BCUT2D eigenvalue weighted by Crippen LogP contribution is -2.46. The van der Waals surface area contributed by atoms with Gasteiger partial charge in [-0.25, -0.2) is 4.39 Å². The van der Waals surface area contributed by atoms with Gasteiger partial charge in [-0.2, -0.15) is 0 Å². The predicted octanol–water partition coefficient (Wildman–Crippen LogP) is 2.61. The van der Waals surface area contributed by atoms with E-state index in [1.165, 1.54) is 0 Å². The Kier molecular flexibility index (Phi) is 4.23. The lowest BCUT2D eigenvalue weighted by molar-refractivity contribution is -0.384. The maximum absolute atomic E-state index is 13.6. The van der Waals surface area contributed by atoms with Gasteiger partial charge in [0.05, 0.1) is 11.0 Å². The number of aryl methyl sites for hydroxylation is 1. The van der Waals surface area contributed by atoms with Crippen LogP contribution in [0.3, 0.4) is 0 Å². The second-order valence-electron chi connectivity index (χ2n) is 5.56. The zero-order valence-electron chi connectivity index (χ0n) is 11.8. The summed E-state index contributed by atoms with van der Waals surface area (Å²) in [5, 5.41) is 11.2. The van der Waals surface area contributed by atoms with Crippen LogP contribution in [0.25, 0.3) is 0 Å². The summed E-state index contributed by atoms with van der Waals surface area (Å²) >= 11 is 0. The van der Waals surface area contributed by atoms with E-state index in [1.807, 2.05) is 4.90 Å². The number of halogens is 1. The molecule has 5 nitrogen and oxygen atoms in total. The highest BCUT2D eigenvalue weighted by Crippen LogP contribution is 2.35. The number of anilines is 1. The monoisotopic (exact) mass is 281 g/mol. The van der Waals surface area contributed by atoms with E-state index in [1.54, 1.807) is 13.0 Å². The number of hydrogen-bond donors (Lipinski definition) is 1. The fraction of sp³-hybridized carbons (Fsp3) is 0.571. The van der Waals surface area contributed by atoms with Crippen molar-refractivity contribution in [2.45, 2.75) is 32.7 Å². The third-order valence-corrected chi connectivity index (χ3v) is 4.01. The molecule has 20 heavy (non-hydrogen) atoms. The van der Waals surface area contributed by atoms with E-state index in [9.17, 15) is 14.5 Å². The second kappa shape index (κ2) is 5.75. The lowest BCUT2D eigenvalue weighted by atomic mass is 9.91. The molecule has 0 aliphatic carbocycles. The highest BCUT2D eigenvalue weighted by molar-refractivity contribution is 5.65. The van der Waals surface area contributed by atoms with Crippen molar-refractivity contribution in [2.24, 2.45) is 11.7 Å². The van der Waals surface area contributed by atoms with Gasteiger partial charge in [-0.15, -0.1) is 0 Å². The molecular formula is C14H20FN3O2. The Morgan fingerprint density at radius 2 is 2.25 bits per heavy atom. The number of nitrogens with two attached hydrogens (primary N) is 1. The van der Waals surface area contributed by atoms with Gasteiger partial charge in [-0.05, 0) is 37.3 Å². The molecule has 1 aromatic rings. The summed E-state index contributed by atoms with van der Waals surface area (Å²) < 4.78 is 13.6. The first kappa shape index (κ1) is 14.7. The Hall–Kier alpha value is -1.69. The molecular weight excluding hydrogens is 261 g/mol. The van der Waals surface area contributed by atoms with Gasteiger partial charge in [0.2, 0.25) is 0 Å². The van der Waals surface area contributed by atoms with Gasteiger partial charge in [-0.1, -0.05) is 6.92 Å². The molecule has 6 heteroatoms.